The maximum Gasteiger partial charge on any atom is 0.332 e. The average molecular weight is 243 g/mol. The van der Waals surface area contributed by atoms with E-state index in [1.165, 1.54) is 0 Å². The summed E-state index contributed by atoms with van der Waals surface area (Å²) in [6, 6.07) is 7.31. The third-order valence-electron chi connectivity index (χ3n) is 2.47. The number of carbonyl (C=O) groups is 1. The van der Waals surface area contributed by atoms with Crippen molar-refractivity contribution in [2.24, 2.45) is 5.92 Å². The SMILES string of the molecule is COc1ccc(C(C(=O)OCl)C(C)C)cc1. The normalized spacial score (nSPS) is 12.3. The first-order valence-corrected chi connectivity index (χ1v) is 5.37. The Kier molecular flexibility index (Phi) is 4.62. The minimum absolute atomic E-state index is 0.125. The summed E-state index contributed by atoms with van der Waals surface area (Å²) in [6.45, 7) is 3.89. The summed E-state index contributed by atoms with van der Waals surface area (Å²) < 4.78 is 9.34. The van der Waals surface area contributed by atoms with Crippen molar-refractivity contribution in [2.75, 3.05) is 7.11 Å². The van der Waals surface area contributed by atoms with E-state index in [9.17, 15) is 4.79 Å². The maximum atomic E-state index is 11.5. The van der Waals surface area contributed by atoms with Crippen LogP contribution >= 0.6 is 11.9 Å². The summed E-state index contributed by atoms with van der Waals surface area (Å²) in [7, 11) is 1.60. The molecule has 0 aliphatic heterocycles. The summed E-state index contributed by atoms with van der Waals surface area (Å²) in [6.07, 6.45) is 0. The zero-order chi connectivity index (χ0) is 12.1. The highest BCUT2D eigenvalue weighted by Crippen LogP contribution is 2.27. The molecule has 1 unspecified atom stereocenters. The number of benzene rings is 1. The van der Waals surface area contributed by atoms with Crippen LogP contribution in [0.3, 0.4) is 0 Å². The van der Waals surface area contributed by atoms with Gasteiger partial charge in [0.1, 0.15) is 17.6 Å². The molecule has 16 heavy (non-hydrogen) atoms. The number of rotatable bonds is 4. The van der Waals surface area contributed by atoms with E-state index in [4.69, 9.17) is 16.6 Å². The fourth-order valence-electron chi connectivity index (χ4n) is 1.65. The molecule has 0 amide bonds. The predicted molar refractivity (Wildman–Crippen MR) is 62.5 cm³/mol. The molecule has 0 spiro atoms. The maximum absolute atomic E-state index is 11.5. The molecule has 0 aliphatic carbocycles. The van der Waals surface area contributed by atoms with Gasteiger partial charge >= 0.3 is 5.97 Å². The first-order chi connectivity index (χ1) is 7.60. The predicted octanol–water partition coefficient (Wildman–Crippen LogP) is 3.13. The average Bonchev–Trinajstić information content (AvgIpc) is 2.29. The topological polar surface area (TPSA) is 35.5 Å². The van der Waals surface area contributed by atoms with E-state index in [0.29, 0.717) is 0 Å². The smallest absolute Gasteiger partial charge is 0.332 e. The minimum Gasteiger partial charge on any atom is -0.497 e. The van der Waals surface area contributed by atoms with Gasteiger partial charge in [0.2, 0.25) is 0 Å². The van der Waals surface area contributed by atoms with Crippen LogP contribution in [-0.4, -0.2) is 13.1 Å². The van der Waals surface area contributed by atoms with Crippen LogP contribution in [0.5, 0.6) is 5.75 Å². The van der Waals surface area contributed by atoms with E-state index in [1.54, 1.807) is 7.11 Å². The molecule has 0 radical (unpaired) electrons. The molecule has 3 nitrogen and oxygen atoms in total. The second-order valence-corrected chi connectivity index (χ2v) is 4.05. The molecule has 0 saturated carbocycles. The van der Waals surface area contributed by atoms with Gasteiger partial charge in [-0.2, -0.15) is 0 Å². The second-order valence-electron chi connectivity index (χ2n) is 3.89. The van der Waals surface area contributed by atoms with Crippen molar-refractivity contribution in [3.05, 3.63) is 29.8 Å². The number of ether oxygens (including phenoxy) is 1. The van der Waals surface area contributed by atoms with E-state index in [2.05, 4.69) is 4.29 Å². The first-order valence-electron chi connectivity index (χ1n) is 5.06. The van der Waals surface area contributed by atoms with Gasteiger partial charge in [-0.05, 0) is 23.6 Å². The Labute approximate surface area is 100 Å². The molecule has 1 atom stereocenters. The van der Waals surface area contributed by atoms with Gasteiger partial charge in [-0.25, -0.2) is 4.79 Å². The van der Waals surface area contributed by atoms with Crippen molar-refractivity contribution in [1.82, 2.24) is 0 Å². The number of methoxy groups -OCH3 is 1. The van der Waals surface area contributed by atoms with Crippen molar-refractivity contribution < 1.29 is 13.8 Å². The Bertz CT molecular complexity index is 346. The van der Waals surface area contributed by atoms with E-state index < -0.39 is 5.97 Å². The summed E-state index contributed by atoms with van der Waals surface area (Å²) in [5, 5.41) is 0. The Hall–Kier alpha value is -1.22. The van der Waals surface area contributed by atoms with Gasteiger partial charge in [-0.15, -0.1) is 0 Å². The van der Waals surface area contributed by atoms with E-state index in [0.717, 1.165) is 11.3 Å². The molecule has 1 aromatic rings. The van der Waals surface area contributed by atoms with Crippen molar-refractivity contribution in [3.63, 3.8) is 0 Å². The van der Waals surface area contributed by atoms with Gasteiger partial charge in [-0.1, -0.05) is 26.0 Å². The van der Waals surface area contributed by atoms with Gasteiger partial charge in [0.25, 0.3) is 0 Å². The van der Waals surface area contributed by atoms with Crippen molar-refractivity contribution in [3.8, 4) is 5.75 Å². The Morgan fingerprint density at radius 3 is 2.19 bits per heavy atom. The second kappa shape index (κ2) is 5.75. The van der Waals surface area contributed by atoms with Gasteiger partial charge in [0, 0.05) is 0 Å². The molecule has 0 saturated heterocycles. The van der Waals surface area contributed by atoms with Crippen LogP contribution in [0.2, 0.25) is 0 Å². The lowest BCUT2D eigenvalue weighted by Crippen LogP contribution is -2.18. The summed E-state index contributed by atoms with van der Waals surface area (Å²) in [5.74, 6) is 0.107. The van der Waals surface area contributed by atoms with Gasteiger partial charge in [-0.3, -0.25) is 0 Å². The fraction of sp³-hybridized carbons (Fsp3) is 0.417. The lowest BCUT2D eigenvalue weighted by atomic mass is 9.88. The summed E-state index contributed by atoms with van der Waals surface area (Å²) >= 11 is 5.13. The van der Waals surface area contributed by atoms with Gasteiger partial charge in [0.15, 0.2) is 0 Å². The highest BCUT2D eigenvalue weighted by Gasteiger charge is 2.25. The molecule has 0 fully saturated rings. The van der Waals surface area contributed by atoms with Crippen LogP contribution in [0, 0.1) is 5.92 Å². The standard InChI is InChI=1S/C12H15ClO3/c1-8(2)11(12(14)16-13)9-4-6-10(15-3)7-5-9/h4-8,11H,1-3H3. The summed E-state index contributed by atoms with van der Waals surface area (Å²) in [5.41, 5.74) is 0.876. The molecule has 88 valence electrons. The van der Waals surface area contributed by atoms with E-state index >= 15 is 0 Å². The number of carbonyl (C=O) groups excluding carboxylic acids is 1. The zero-order valence-electron chi connectivity index (χ0n) is 9.57. The molecular formula is C12H15ClO3. The molecule has 0 aromatic heterocycles. The molecule has 0 aliphatic rings. The molecule has 1 aromatic carbocycles. The van der Waals surface area contributed by atoms with Crippen molar-refractivity contribution in [1.29, 1.82) is 0 Å². The minimum atomic E-state index is -0.429. The van der Waals surface area contributed by atoms with Gasteiger partial charge < -0.3 is 9.03 Å². The third kappa shape index (κ3) is 2.89. The third-order valence-corrected chi connectivity index (χ3v) is 2.62. The largest absolute Gasteiger partial charge is 0.497 e. The highest BCUT2D eigenvalue weighted by atomic mass is 35.5. The lowest BCUT2D eigenvalue weighted by Gasteiger charge is -2.17. The van der Waals surface area contributed by atoms with Gasteiger partial charge in [0.05, 0.1) is 13.0 Å². The van der Waals surface area contributed by atoms with Crippen LogP contribution in [0.4, 0.5) is 0 Å². The van der Waals surface area contributed by atoms with Crippen LogP contribution in [-0.2, 0) is 9.08 Å². The fourth-order valence-corrected chi connectivity index (χ4v) is 1.75. The molecule has 4 heteroatoms. The first kappa shape index (κ1) is 12.8. The number of halogens is 1. The van der Waals surface area contributed by atoms with Crippen LogP contribution in [0.1, 0.15) is 25.3 Å². The summed E-state index contributed by atoms with van der Waals surface area (Å²) in [4.78, 5) is 11.5. The molecule has 0 bridgehead atoms. The zero-order valence-corrected chi connectivity index (χ0v) is 10.3. The molecule has 0 heterocycles. The molecular weight excluding hydrogens is 228 g/mol. The van der Waals surface area contributed by atoms with Crippen LogP contribution in [0.15, 0.2) is 24.3 Å². The monoisotopic (exact) mass is 242 g/mol. The Morgan fingerprint density at radius 1 is 1.25 bits per heavy atom. The highest BCUT2D eigenvalue weighted by molar-refractivity contribution is 6.13. The Balaban J connectivity index is 2.97. The van der Waals surface area contributed by atoms with Crippen molar-refractivity contribution in [2.45, 2.75) is 19.8 Å². The molecule has 1 rings (SSSR count). The molecule has 0 N–H and O–H groups in total. The lowest BCUT2D eigenvalue weighted by molar-refractivity contribution is -0.136. The van der Waals surface area contributed by atoms with Crippen molar-refractivity contribution >= 4 is 17.8 Å². The van der Waals surface area contributed by atoms with Crippen LogP contribution in [0.25, 0.3) is 0 Å². The van der Waals surface area contributed by atoms with Crippen LogP contribution < -0.4 is 4.74 Å². The Morgan fingerprint density at radius 2 is 1.81 bits per heavy atom. The number of hydrogen-bond donors (Lipinski definition) is 0. The number of hydrogen-bond acceptors (Lipinski definition) is 3. The quantitative estimate of drug-likeness (QED) is 0.814. The van der Waals surface area contributed by atoms with E-state index in [-0.39, 0.29) is 11.8 Å². The van der Waals surface area contributed by atoms with E-state index in [1.807, 2.05) is 38.1 Å².